The van der Waals surface area contributed by atoms with E-state index in [1.807, 2.05) is 32.0 Å². The van der Waals surface area contributed by atoms with Crippen molar-refractivity contribution in [2.75, 3.05) is 0 Å². The van der Waals surface area contributed by atoms with Crippen LogP contribution in [0.1, 0.15) is 36.3 Å². The Morgan fingerprint density at radius 3 is 1.96 bits per heavy atom. The summed E-state index contributed by atoms with van der Waals surface area (Å²) in [5.74, 6) is 0.0208. The van der Waals surface area contributed by atoms with Crippen LogP contribution >= 0.6 is 0 Å². The minimum absolute atomic E-state index is 0.0208. The molecule has 0 aliphatic heterocycles. The van der Waals surface area contributed by atoms with Crippen LogP contribution in [0.3, 0.4) is 0 Å². The lowest BCUT2D eigenvalue weighted by molar-refractivity contribution is 0.0910. The summed E-state index contributed by atoms with van der Waals surface area (Å²) in [5, 5.41) is 1.49. The van der Waals surface area contributed by atoms with Gasteiger partial charge in [-0.1, -0.05) is 44.2 Å². The summed E-state index contributed by atoms with van der Waals surface area (Å²) in [4.78, 5) is 39.7. The molecule has 0 unspecified atom stereocenters. The van der Waals surface area contributed by atoms with E-state index in [0.717, 1.165) is 5.39 Å². The number of hydrogen-bond acceptors (Lipinski definition) is 3. The van der Waals surface area contributed by atoms with Gasteiger partial charge in [0.15, 0.2) is 5.78 Å². The predicted octanol–water partition coefficient (Wildman–Crippen LogP) is 3.22. The number of para-hydroxylation sites is 1. The zero-order valence-corrected chi connectivity index (χ0v) is 15.2. The molecule has 0 spiro atoms. The Balaban J connectivity index is 2.17. The minimum atomic E-state index is -0.270. The number of fused-ring (bicyclic) bond motifs is 7. The van der Waals surface area contributed by atoms with Crippen LogP contribution < -0.4 is 11.1 Å². The van der Waals surface area contributed by atoms with E-state index in [0.29, 0.717) is 40.4 Å². The third kappa shape index (κ3) is 2.08. The number of carbonyl (C=O) groups excluding carboxylic acids is 1. The zero-order chi connectivity index (χ0) is 18.9. The lowest BCUT2D eigenvalue weighted by Gasteiger charge is -2.32. The van der Waals surface area contributed by atoms with Crippen LogP contribution in [-0.2, 0) is 6.42 Å². The lowest BCUT2D eigenvalue weighted by atomic mass is 9.75. The number of hydrogen-bond donors (Lipinski definition) is 0. The fourth-order valence-corrected chi connectivity index (χ4v) is 4.37. The van der Waals surface area contributed by atoms with Crippen molar-refractivity contribution >= 4 is 27.5 Å². The number of carbonyl (C=O) groups is 1. The molecule has 0 atom stereocenters. The van der Waals surface area contributed by atoms with Gasteiger partial charge in [0.1, 0.15) is 0 Å². The van der Waals surface area contributed by atoms with Gasteiger partial charge in [-0.05, 0) is 30.0 Å². The number of ketones is 1. The fraction of sp³-hybridized carbons (Fsp3) is 0.227. The molecular weight excluding hydrogens is 340 g/mol. The summed E-state index contributed by atoms with van der Waals surface area (Å²) in [6.45, 7) is 4.04. The second-order valence-electron chi connectivity index (χ2n) is 8.06. The van der Waals surface area contributed by atoms with Crippen LogP contribution in [0.15, 0.2) is 58.1 Å². The summed E-state index contributed by atoms with van der Waals surface area (Å²) in [5.41, 5.74) is 0.994. The minimum Gasteiger partial charge on any atom is -0.294 e. The highest BCUT2D eigenvalue weighted by molar-refractivity contribution is 6.09. The summed E-state index contributed by atoms with van der Waals surface area (Å²) < 4.78 is 2.87. The molecule has 27 heavy (non-hydrogen) atoms. The largest absolute Gasteiger partial charge is 0.294 e. The normalized spacial score (nSPS) is 16.1. The average Bonchev–Trinajstić information content (AvgIpc) is 2.64. The Hall–Kier alpha value is -3.21. The molecule has 1 aliphatic carbocycles. The van der Waals surface area contributed by atoms with E-state index in [2.05, 4.69) is 0 Å². The van der Waals surface area contributed by atoms with Gasteiger partial charge < -0.3 is 0 Å². The van der Waals surface area contributed by atoms with Crippen LogP contribution in [-0.4, -0.2) is 14.8 Å². The second-order valence-corrected chi connectivity index (χ2v) is 8.06. The van der Waals surface area contributed by atoms with Crippen molar-refractivity contribution in [3.8, 4) is 0 Å². The van der Waals surface area contributed by atoms with Crippen molar-refractivity contribution in [3.63, 3.8) is 0 Å². The molecule has 5 nitrogen and oxygen atoms in total. The van der Waals surface area contributed by atoms with Crippen LogP contribution in [0.4, 0.5) is 0 Å². The molecule has 4 aromatic rings. The molecule has 0 saturated heterocycles. The molecule has 0 amide bonds. The molecule has 0 bridgehead atoms. The molecule has 1 aliphatic rings. The quantitative estimate of drug-likeness (QED) is 0.358. The maximum Gasteiger partial charge on any atom is 0.278 e. The summed E-state index contributed by atoms with van der Waals surface area (Å²) in [7, 11) is 0. The monoisotopic (exact) mass is 358 g/mol. The third-order valence-electron chi connectivity index (χ3n) is 5.48. The van der Waals surface area contributed by atoms with Crippen LogP contribution in [0.25, 0.3) is 21.7 Å². The first-order valence-electron chi connectivity index (χ1n) is 9.03. The SMILES string of the molecule is CC1(C)CC(=O)c2c(n3c(=O)c4ccccc4c(=O)n3c3ccccc23)C1. The lowest BCUT2D eigenvalue weighted by Crippen LogP contribution is -2.38. The molecule has 5 rings (SSSR count). The smallest absolute Gasteiger partial charge is 0.278 e. The zero-order valence-electron chi connectivity index (χ0n) is 15.2. The van der Waals surface area contributed by atoms with Crippen molar-refractivity contribution in [1.82, 2.24) is 9.03 Å². The van der Waals surface area contributed by atoms with Crippen LogP contribution in [0.2, 0.25) is 0 Å². The first kappa shape index (κ1) is 16.0. The fourth-order valence-electron chi connectivity index (χ4n) is 4.37. The molecular formula is C22H18N2O3. The van der Waals surface area contributed by atoms with E-state index >= 15 is 0 Å². The maximum absolute atomic E-state index is 13.4. The highest BCUT2D eigenvalue weighted by atomic mass is 16.2. The van der Waals surface area contributed by atoms with E-state index in [1.54, 1.807) is 30.3 Å². The summed E-state index contributed by atoms with van der Waals surface area (Å²) in [6, 6.07) is 14.2. The van der Waals surface area contributed by atoms with Crippen molar-refractivity contribution in [3.05, 3.63) is 80.5 Å². The van der Waals surface area contributed by atoms with Gasteiger partial charge in [-0.3, -0.25) is 14.4 Å². The summed E-state index contributed by atoms with van der Waals surface area (Å²) in [6.07, 6.45) is 0.979. The summed E-state index contributed by atoms with van der Waals surface area (Å²) >= 11 is 0. The number of benzene rings is 2. The van der Waals surface area contributed by atoms with Gasteiger partial charge in [0.2, 0.25) is 0 Å². The Morgan fingerprint density at radius 1 is 0.741 bits per heavy atom. The van der Waals surface area contributed by atoms with E-state index in [9.17, 15) is 14.4 Å². The highest BCUT2D eigenvalue weighted by Gasteiger charge is 2.35. The van der Waals surface area contributed by atoms with Crippen molar-refractivity contribution in [2.24, 2.45) is 5.41 Å². The molecule has 2 heterocycles. The Morgan fingerprint density at radius 2 is 1.30 bits per heavy atom. The van der Waals surface area contributed by atoms with Crippen LogP contribution in [0, 0.1) is 5.41 Å². The Labute approximate surface area is 154 Å². The van der Waals surface area contributed by atoms with Crippen molar-refractivity contribution < 1.29 is 4.79 Å². The van der Waals surface area contributed by atoms with E-state index < -0.39 is 0 Å². The Bertz CT molecular complexity index is 1410. The average molecular weight is 358 g/mol. The highest BCUT2D eigenvalue weighted by Crippen LogP contribution is 2.37. The number of aromatic nitrogens is 2. The Kier molecular flexibility index (Phi) is 3.06. The standard InChI is InChI=1S/C22H18N2O3/c1-22(2)11-17-19(18(25)12-22)15-9-5-6-10-16(15)23-20(26)13-7-3-4-8-14(13)21(27)24(17)23/h3-10H,11-12H2,1-2H3. The molecule has 0 radical (unpaired) electrons. The molecule has 5 heteroatoms. The molecule has 0 fully saturated rings. The van der Waals surface area contributed by atoms with E-state index in [-0.39, 0.29) is 22.3 Å². The van der Waals surface area contributed by atoms with Gasteiger partial charge >= 0.3 is 0 Å². The van der Waals surface area contributed by atoms with Gasteiger partial charge in [0, 0.05) is 17.4 Å². The topological polar surface area (TPSA) is 60.0 Å². The second kappa shape index (κ2) is 5.16. The van der Waals surface area contributed by atoms with Crippen molar-refractivity contribution in [1.29, 1.82) is 0 Å². The van der Waals surface area contributed by atoms with Gasteiger partial charge in [-0.25, -0.2) is 9.03 Å². The van der Waals surface area contributed by atoms with Gasteiger partial charge in [-0.2, -0.15) is 0 Å². The third-order valence-corrected chi connectivity index (χ3v) is 5.48. The molecule has 0 N–H and O–H groups in total. The van der Waals surface area contributed by atoms with Gasteiger partial charge in [0.25, 0.3) is 11.1 Å². The van der Waals surface area contributed by atoms with E-state index in [4.69, 9.17) is 0 Å². The van der Waals surface area contributed by atoms with Gasteiger partial charge in [0.05, 0.1) is 22.0 Å². The maximum atomic E-state index is 13.4. The first-order valence-corrected chi connectivity index (χ1v) is 9.03. The van der Waals surface area contributed by atoms with Crippen molar-refractivity contribution in [2.45, 2.75) is 26.7 Å². The number of Topliss-reactive ketones (excluding diaryl/α,β-unsaturated/α-hetero) is 1. The molecule has 2 aromatic heterocycles. The molecule has 134 valence electrons. The molecule has 2 aromatic carbocycles. The van der Waals surface area contributed by atoms with E-state index in [1.165, 1.54) is 9.03 Å². The predicted molar refractivity (Wildman–Crippen MR) is 105 cm³/mol. The molecule has 0 saturated carbocycles. The van der Waals surface area contributed by atoms with Crippen LogP contribution in [0.5, 0.6) is 0 Å². The number of nitrogens with zero attached hydrogens (tertiary/aromatic N) is 2. The van der Waals surface area contributed by atoms with Gasteiger partial charge in [-0.15, -0.1) is 0 Å². The first-order chi connectivity index (χ1) is 12.9. The number of rotatable bonds is 0.